The Balaban J connectivity index is 2.77. The molecule has 1 aromatic rings. The van der Waals surface area contributed by atoms with Crippen LogP contribution in [0.2, 0.25) is 0 Å². The second kappa shape index (κ2) is 6.80. The lowest BCUT2D eigenvalue weighted by Gasteiger charge is -2.19. The molecule has 0 fully saturated rings. The fourth-order valence-electron chi connectivity index (χ4n) is 1.56. The molecule has 0 bridgehead atoms. The van der Waals surface area contributed by atoms with Crippen molar-refractivity contribution in [2.45, 2.75) is 33.3 Å². The van der Waals surface area contributed by atoms with Crippen LogP contribution in [0, 0.1) is 28.9 Å². The predicted molar refractivity (Wildman–Crippen MR) is 83.4 cm³/mol. The third-order valence-corrected chi connectivity index (χ3v) is 2.53. The Morgan fingerprint density at radius 1 is 1.45 bits per heavy atom. The smallest absolute Gasteiger partial charge is 0.408 e. The molecule has 0 atom stereocenters. The van der Waals surface area contributed by atoms with Crippen molar-refractivity contribution in [2.75, 3.05) is 12.3 Å². The quantitative estimate of drug-likeness (QED) is 0.377. The minimum Gasteiger partial charge on any atom is -0.444 e. The van der Waals surface area contributed by atoms with E-state index in [-0.39, 0.29) is 12.2 Å². The molecule has 0 saturated heterocycles. The Hall–Kier alpha value is -2.75. The van der Waals surface area contributed by atoms with Crippen LogP contribution in [0.1, 0.15) is 31.9 Å². The number of nitrogens with two attached hydrogens (primary N) is 1. The lowest BCUT2D eigenvalue weighted by molar-refractivity contribution is -0.384. The second-order valence-corrected chi connectivity index (χ2v) is 5.64. The van der Waals surface area contributed by atoms with Gasteiger partial charge in [-0.2, -0.15) is 0 Å². The highest BCUT2D eigenvalue weighted by Crippen LogP contribution is 2.23. The van der Waals surface area contributed by atoms with Crippen molar-refractivity contribution in [3.63, 3.8) is 0 Å². The van der Waals surface area contributed by atoms with E-state index in [0.29, 0.717) is 16.8 Å². The molecule has 1 amide bonds. The highest BCUT2D eigenvalue weighted by molar-refractivity contribution is 5.68. The Bertz CT molecular complexity index is 651. The van der Waals surface area contributed by atoms with Crippen LogP contribution in [0.3, 0.4) is 0 Å². The van der Waals surface area contributed by atoms with Crippen molar-refractivity contribution < 1.29 is 14.5 Å². The van der Waals surface area contributed by atoms with Crippen LogP contribution in [0.25, 0.3) is 0 Å². The molecule has 0 unspecified atom stereocenters. The number of ether oxygens (including phenoxy) is 1. The number of alkyl carbamates (subject to hydrolysis) is 1. The molecule has 1 aromatic carbocycles. The van der Waals surface area contributed by atoms with Gasteiger partial charge >= 0.3 is 6.09 Å². The van der Waals surface area contributed by atoms with Crippen LogP contribution < -0.4 is 11.1 Å². The Morgan fingerprint density at radius 2 is 2.09 bits per heavy atom. The molecule has 7 heteroatoms. The summed E-state index contributed by atoms with van der Waals surface area (Å²) in [5.74, 6) is 5.41. The van der Waals surface area contributed by atoms with E-state index in [1.807, 2.05) is 0 Å². The van der Waals surface area contributed by atoms with E-state index in [4.69, 9.17) is 10.5 Å². The zero-order valence-corrected chi connectivity index (χ0v) is 13.0. The lowest BCUT2D eigenvalue weighted by Crippen LogP contribution is -2.32. The first-order valence-corrected chi connectivity index (χ1v) is 6.60. The van der Waals surface area contributed by atoms with Gasteiger partial charge < -0.3 is 15.8 Å². The summed E-state index contributed by atoms with van der Waals surface area (Å²) in [4.78, 5) is 21.7. The van der Waals surface area contributed by atoms with Crippen molar-refractivity contribution in [3.8, 4) is 11.8 Å². The van der Waals surface area contributed by atoms with E-state index < -0.39 is 16.6 Å². The molecular weight excluding hydrogens is 286 g/mol. The number of carbonyl (C=O) groups excluding carboxylic acids is 1. The monoisotopic (exact) mass is 305 g/mol. The number of rotatable bonds is 2. The standard InChI is InChI=1S/C15H19N3O4/c1-10-8-12(18(20)21)9-11(13(10)16)6-5-7-17-14(19)22-15(2,3)4/h8-9H,7,16H2,1-4H3,(H,17,19). The number of nitrogens with zero attached hydrogens (tertiary/aromatic N) is 1. The van der Waals surface area contributed by atoms with Gasteiger partial charge in [0.2, 0.25) is 0 Å². The van der Waals surface area contributed by atoms with Crippen LogP contribution in [-0.2, 0) is 4.74 Å². The summed E-state index contributed by atoms with van der Waals surface area (Å²) in [6.45, 7) is 6.99. The molecule has 1 rings (SSSR count). The second-order valence-electron chi connectivity index (χ2n) is 5.64. The third kappa shape index (κ3) is 5.32. The summed E-state index contributed by atoms with van der Waals surface area (Å²) in [5, 5.41) is 13.3. The molecule has 0 aliphatic carbocycles. The first-order chi connectivity index (χ1) is 10.1. The summed E-state index contributed by atoms with van der Waals surface area (Å²) in [7, 11) is 0. The predicted octanol–water partition coefficient (Wildman–Crippen LogP) is 2.36. The van der Waals surface area contributed by atoms with Gasteiger partial charge in [0.1, 0.15) is 5.60 Å². The number of nitrogens with one attached hydrogen (secondary N) is 1. The number of nitro benzene ring substituents is 1. The van der Waals surface area contributed by atoms with Gasteiger partial charge in [-0.05, 0) is 33.3 Å². The van der Waals surface area contributed by atoms with Gasteiger partial charge in [-0.3, -0.25) is 10.1 Å². The minimum absolute atomic E-state index is 0.0517. The van der Waals surface area contributed by atoms with E-state index in [0.717, 1.165) is 0 Å². The van der Waals surface area contributed by atoms with Crippen molar-refractivity contribution in [3.05, 3.63) is 33.4 Å². The number of hydrogen-bond donors (Lipinski definition) is 2. The summed E-state index contributed by atoms with van der Waals surface area (Å²) >= 11 is 0. The number of non-ortho nitro benzene ring substituents is 1. The maximum atomic E-state index is 11.4. The summed E-state index contributed by atoms with van der Waals surface area (Å²) in [5.41, 5.74) is 6.51. The fraction of sp³-hybridized carbons (Fsp3) is 0.400. The van der Waals surface area contributed by atoms with Crippen LogP contribution in [0.15, 0.2) is 12.1 Å². The maximum Gasteiger partial charge on any atom is 0.408 e. The molecular formula is C15H19N3O4. The molecule has 7 nitrogen and oxygen atoms in total. The molecule has 118 valence electrons. The molecule has 0 spiro atoms. The van der Waals surface area contributed by atoms with Crippen molar-refractivity contribution >= 4 is 17.5 Å². The van der Waals surface area contributed by atoms with E-state index in [1.54, 1.807) is 27.7 Å². The van der Waals surface area contributed by atoms with Crippen molar-refractivity contribution in [1.29, 1.82) is 0 Å². The van der Waals surface area contributed by atoms with E-state index in [2.05, 4.69) is 17.2 Å². The van der Waals surface area contributed by atoms with Gasteiger partial charge in [-0.1, -0.05) is 11.8 Å². The Morgan fingerprint density at radius 3 is 2.64 bits per heavy atom. The van der Waals surface area contributed by atoms with Crippen LogP contribution >= 0.6 is 0 Å². The van der Waals surface area contributed by atoms with Gasteiger partial charge in [-0.15, -0.1) is 0 Å². The third-order valence-electron chi connectivity index (χ3n) is 2.53. The summed E-state index contributed by atoms with van der Waals surface area (Å²) < 4.78 is 5.05. The number of aryl methyl sites for hydroxylation is 1. The molecule has 0 heterocycles. The van der Waals surface area contributed by atoms with Gasteiger partial charge in [0.15, 0.2) is 0 Å². The van der Waals surface area contributed by atoms with Crippen molar-refractivity contribution in [1.82, 2.24) is 5.32 Å². The van der Waals surface area contributed by atoms with Gasteiger partial charge in [0, 0.05) is 12.1 Å². The molecule has 0 radical (unpaired) electrons. The highest BCUT2D eigenvalue weighted by atomic mass is 16.6. The van der Waals surface area contributed by atoms with E-state index >= 15 is 0 Å². The molecule has 0 aliphatic heterocycles. The first-order valence-electron chi connectivity index (χ1n) is 6.60. The first kappa shape index (κ1) is 17.3. The number of nitro groups is 1. The maximum absolute atomic E-state index is 11.4. The van der Waals surface area contributed by atoms with Crippen LogP contribution in [0.5, 0.6) is 0 Å². The molecule has 22 heavy (non-hydrogen) atoms. The van der Waals surface area contributed by atoms with Crippen LogP contribution in [0.4, 0.5) is 16.2 Å². The normalized spacial score (nSPS) is 10.4. The Kier molecular flexibility index (Phi) is 5.35. The summed E-state index contributed by atoms with van der Waals surface area (Å²) in [6, 6.07) is 2.70. The van der Waals surface area contributed by atoms with Crippen molar-refractivity contribution in [2.24, 2.45) is 0 Å². The zero-order chi connectivity index (χ0) is 16.9. The molecule has 3 N–H and O–H groups in total. The van der Waals surface area contributed by atoms with Gasteiger partial charge in [0.25, 0.3) is 5.69 Å². The number of anilines is 1. The lowest BCUT2D eigenvalue weighted by atomic mass is 10.1. The summed E-state index contributed by atoms with van der Waals surface area (Å²) in [6.07, 6.45) is -0.579. The number of hydrogen-bond acceptors (Lipinski definition) is 5. The number of carbonyl (C=O) groups is 1. The molecule has 0 aromatic heterocycles. The number of benzene rings is 1. The zero-order valence-electron chi connectivity index (χ0n) is 13.0. The molecule has 0 saturated carbocycles. The largest absolute Gasteiger partial charge is 0.444 e. The molecule has 0 aliphatic rings. The van der Waals surface area contributed by atoms with E-state index in [1.165, 1.54) is 12.1 Å². The fourth-order valence-corrected chi connectivity index (χ4v) is 1.56. The highest BCUT2D eigenvalue weighted by Gasteiger charge is 2.15. The average molecular weight is 305 g/mol. The topological polar surface area (TPSA) is 107 Å². The van der Waals surface area contributed by atoms with Gasteiger partial charge in [0.05, 0.1) is 22.7 Å². The van der Waals surface area contributed by atoms with E-state index in [9.17, 15) is 14.9 Å². The number of amides is 1. The van der Waals surface area contributed by atoms with Crippen LogP contribution in [-0.4, -0.2) is 23.2 Å². The minimum atomic E-state index is -0.584. The SMILES string of the molecule is Cc1cc([N+](=O)[O-])cc(C#CCNC(=O)OC(C)(C)C)c1N. The average Bonchev–Trinajstić information content (AvgIpc) is 2.36. The Labute approximate surface area is 129 Å². The number of nitrogen functional groups attached to an aromatic ring is 1. The van der Waals surface area contributed by atoms with Gasteiger partial charge in [-0.25, -0.2) is 4.79 Å².